The summed E-state index contributed by atoms with van der Waals surface area (Å²) in [7, 11) is 0. The second-order valence-electron chi connectivity index (χ2n) is 4.06. The van der Waals surface area contributed by atoms with Crippen LogP contribution in [0.2, 0.25) is 6.32 Å². The lowest BCUT2D eigenvalue weighted by Gasteiger charge is -2.11. The Kier molecular flexibility index (Phi) is 3.58. The molecule has 16 heavy (non-hydrogen) atoms. The molecule has 82 valence electrons. The van der Waals surface area contributed by atoms with E-state index in [4.69, 9.17) is 9.92 Å². The second kappa shape index (κ2) is 5.13. The van der Waals surface area contributed by atoms with E-state index in [1.54, 1.807) is 12.1 Å². The first-order valence-electron chi connectivity index (χ1n) is 5.62. The van der Waals surface area contributed by atoms with Crippen LogP contribution in [0.5, 0.6) is 0 Å². The van der Waals surface area contributed by atoms with Crippen LogP contribution in [-0.4, -0.2) is 13.5 Å². The standard InChI is InChI=1S/C12H13BFNO/c14-12-5-4-11(8-10(12)9-15)13-6-2-1-3-7-16-13/h4-5,8H,1-3,6-7H2. The van der Waals surface area contributed by atoms with E-state index >= 15 is 0 Å². The van der Waals surface area contributed by atoms with Gasteiger partial charge in [-0.3, -0.25) is 0 Å². The average Bonchev–Trinajstić information content (AvgIpc) is 2.58. The molecule has 0 saturated carbocycles. The van der Waals surface area contributed by atoms with Crippen LogP contribution in [-0.2, 0) is 4.65 Å². The molecule has 1 saturated heterocycles. The molecule has 0 atom stereocenters. The van der Waals surface area contributed by atoms with Crippen molar-refractivity contribution in [2.24, 2.45) is 0 Å². The number of nitriles is 1. The summed E-state index contributed by atoms with van der Waals surface area (Å²) in [6.45, 7) is 0.777. The monoisotopic (exact) mass is 217 g/mol. The summed E-state index contributed by atoms with van der Waals surface area (Å²) in [6, 6.07) is 6.53. The quantitative estimate of drug-likeness (QED) is 0.674. The first kappa shape index (κ1) is 11.2. The highest BCUT2D eigenvalue weighted by Crippen LogP contribution is 2.13. The van der Waals surface area contributed by atoms with E-state index in [-0.39, 0.29) is 12.5 Å². The zero-order valence-electron chi connectivity index (χ0n) is 9.08. The van der Waals surface area contributed by atoms with Gasteiger partial charge < -0.3 is 4.65 Å². The lowest BCUT2D eigenvalue weighted by Crippen LogP contribution is -2.33. The Morgan fingerprint density at radius 3 is 3.00 bits per heavy atom. The highest BCUT2D eigenvalue weighted by atomic mass is 19.1. The molecular formula is C12H13BFNO. The van der Waals surface area contributed by atoms with Gasteiger partial charge in [0.05, 0.1) is 5.56 Å². The molecule has 1 aliphatic rings. The Hall–Kier alpha value is -1.34. The number of hydrogen-bond donors (Lipinski definition) is 0. The summed E-state index contributed by atoms with van der Waals surface area (Å²) < 4.78 is 18.9. The fraction of sp³-hybridized carbons (Fsp3) is 0.417. The molecule has 1 aromatic carbocycles. The summed E-state index contributed by atoms with van der Waals surface area (Å²) in [5.41, 5.74) is 1.02. The Labute approximate surface area is 95.1 Å². The van der Waals surface area contributed by atoms with Gasteiger partial charge in [0.25, 0.3) is 0 Å². The van der Waals surface area contributed by atoms with Gasteiger partial charge in [-0.1, -0.05) is 18.9 Å². The van der Waals surface area contributed by atoms with Crippen molar-refractivity contribution in [1.82, 2.24) is 0 Å². The predicted octanol–water partition coefficient (Wildman–Crippen LogP) is 2.10. The fourth-order valence-electron chi connectivity index (χ4n) is 2.01. The zero-order chi connectivity index (χ0) is 11.4. The molecule has 1 aromatic rings. The Morgan fingerprint density at radius 1 is 1.31 bits per heavy atom. The molecule has 0 bridgehead atoms. The first-order chi connectivity index (χ1) is 7.81. The SMILES string of the molecule is N#Cc1cc(B2CCCCCO2)ccc1F. The minimum atomic E-state index is -0.458. The summed E-state index contributed by atoms with van der Waals surface area (Å²) in [5.74, 6) is -0.458. The third-order valence-corrected chi connectivity index (χ3v) is 2.91. The van der Waals surface area contributed by atoms with Crippen molar-refractivity contribution in [3.8, 4) is 6.07 Å². The van der Waals surface area contributed by atoms with E-state index in [0.717, 1.165) is 31.2 Å². The number of benzene rings is 1. The van der Waals surface area contributed by atoms with Crippen molar-refractivity contribution >= 4 is 12.4 Å². The molecule has 0 N–H and O–H groups in total. The number of hydrogen-bond acceptors (Lipinski definition) is 2. The van der Waals surface area contributed by atoms with E-state index in [2.05, 4.69) is 0 Å². The van der Waals surface area contributed by atoms with Crippen molar-refractivity contribution < 1.29 is 9.04 Å². The van der Waals surface area contributed by atoms with Crippen LogP contribution >= 0.6 is 0 Å². The molecule has 2 rings (SSSR count). The zero-order valence-corrected chi connectivity index (χ0v) is 9.08. The number of halogens is 1. The molecule has 1 aliphatic heterocycles. The number of rotatable bonds is 1. The van der Waals surface area contributed by atoms with E-state index in [0.29, 0.717) is 0 Å². The van der Waals surface area contributed by atoms with Crippen LogP contribution in [0, 0.1) is 17.1 Å². The molecule has 0 radical (unpaired) electrons. The van der Waals surface area contributed by atoms with Gasteiger partial charge in [-0.25, -0.2) is 4.39 Å². The minimum Gasteiger partial charge on any atom is -0.431 e. The fourth-order valence-corrected chi connectivity index (χ4v) is 2.01. The van der Waals surface area contributed by atoms with Crippen LogP contribution in [0.25, 0.3) is 0 Å². The third-order valence-electron chi connectivity index (χ3n) is 2.91. The van der Waals surface area contributed by atoms with Crippen molar-refractivity contribution in [2.75, 3.05) is 6.61 Å². The van der Waals surface area contributed by atoms with Crippen LogP contribution in [0.4, 0.5) is 4.39 Å². The topological polar surface area (TPSA) is 33.0 Å². The maximum absolute atomic E-state index is 13.2. The van der Waals surface area contributed by atoms with Gasteiger partial charge in [0, 0.05) is 6.61 Å². The van der Waals surface area contributed by atoms with E-state index in [1.165, 1.54) is 12.5 Å². The average molecular weight is 217 g/mol. The molecule has 0 unspecified atom stereocenters. The van der Waals surface area contributed by atoms with Gasteiger partial charge in [-0.15, -0.1) is 0 Å². The predicted molar refractivity (Wildman–Crippen MR) is 61.1 cm³/mol. The van der Waals surface area contributed by atoms with Crippen molar-refractivity contribution in [2.45, 2.75) is 25.6 Å². The van der Waals surface area contributed by atoms with Crippen LogP contribution in [0.1, 0.15) is 24.8 Å². The Balaban J connectivity index is 2.22. The normalized spacial score (nSPS) is 16.6. The van der Waals surface area contributed by atoms with Crippen LogP contribution in [0.15, 0.2) is 18.2 Å². The summed E-state index contributed by atoms with van der Waals surface area (Å²) in [6.07, 6.45) is 4.35. The molecule has 1 fully saturated rings. The van der Waals surface area contributed by atoms with Gasteiger partial charge in [-0.2, -0.15) is 5.26 Å². The maximum atomic E-state index is 13.2. The van der Waals surface area contributed by atoms with Crippen LogP contribution in [0.3, 0.4) is 0 Å². The van der Waals surface area contributed by atoms with Gasteiger partial charge in [0.15, 0.2) is 0 Å². The van der Waals surface area contributed by atoms with Gasteiger partial charge in [0.2, 0.25) is 0 Å². The summed E-state index contributed by atoms with van der Waals surface area (Å²) in [4.78, 5) is 0. The Morgan fingerprint density at radius 2 is 2.19 bits per heavy atom. The van der Waals surface area contributed by atoms with Crippen molar-refractivity contribution in [1.29, 1.82) is 5.26 Å². The first-order valence-corrected chi connectivity index (χ1v) is 5.62. The highest BCUT2D eigenvalue weighted by Gasteiger charge is 2.21. The highest BCUT2D eigenvalue weighted by molar-refractivity contribution is 6.67. The second-order valence-corrected chi connectivity index (χ2v) is 4.06. The summed E-state index contributed by atoms with van der Waals surface area (Å²) >= 11 is 0. The van der Waals surface area contributed by atoms with Gasteiger partial charge in [-0.05, 0) is 30.3 Å². The molecule has 1 heterocycles. The smallest absolute Gasteiger partial charge is 0.326 e. The van der Waals surface area contributed by atoms with Crippen molar-refractivity contribution in [3.63, 3.8) is 0 Å². The maximum Gasteiger partial charge on any atom is 0.326 e. The van der Waals surface area contributed by atoms with Gasteiger partial charge in [0.1, 0.15) is 11.9 Å². The molecule has 0 aromatic heterocycles. The molecule has 4 heteroatoms. The molecule has 0 aliphatic carbocycles. The summed E-state index contributed by atoms with van der Waals surface area (Å²) in [5, 5.41) is 8.77. The molecular weight excluding hydrogens is 204 g/mol. The van der Waals surface area contributed by atoms with Gasteiger partial charge >= 0.3 is 6.92 Å². The molecule has 2 nitrogen and oxygen atoms in total. The van der Waals surface area contributed by atoms with E-state index in [1.807, 2.05) is 6.07 Å². The van der Waals surface area contributed by atoms with Crippen LogP contribution < -0.4 is 5.46 Å². The molecule has 0 amide bonds. The lowest BCUT2D eigenvalue weighted by molar-refractivity contribution is 0.327. The van der Waals surface area contributed by atoms with Crippen molar-refractivity contribution in [3.05, 3.63) is 29.6 Å². The Bertz CT molecular complexity index is 408. The number of nitrogens with zero attached hydrogens (tertiary/aromatic N) is 1. The third kappa shape index (κ3) is 2.42. The lowest BCUT2D eigenvalue weighted by atomic mass is 9.57. The van der Waals surface area contributed by atoms with E-state index < -0.39 is 5.82 Å². The van der Waals surface area contributed by atoms with E-state index in [9.17, 15) is 4.39 Å². The largest absolute Gasteiger partial charge is 0.431 e. The minimum absolute atomic E-state index is 0.0233. The molecule has 0 spiro atoms.